The van der Waals surface area contributed by atoms with Crippen LogP contribution in [-0.2, 0) is 20.6 Å². The highest BCUT2D eigenvalue weighted by Crippen LogP contribution is 2.45. The Bertz CT molecular complexity index is 1210. The molecule has 3 atom stereocenters. The molecule has 0 spiro atoms. The third kappa shape index (κ3) is 4.20. The fourth-order valence-corrected chi connectivity index (χ4v) is 5.70. The summed E-state index contributed by atoms with van der Waals surface area (Å²) >= 11 is 1.55. The zero-order valence-corrected chi connectivity index (χ0v) is 18.8. The van der Waals surface area contributed by atoms with Gasteiger partial charge in [-0.25, -0.2) is 9.78 Å². The highest BCUT2D eigenvalue weighted by atomic mass is 32.2. The van der Waals surface area contributed by atoms with Crippen molar-refractivity contribution < 1.29 is 32.7 Å². The molecule has 3 unspecified atom stereocenters. The minimum atomic E-state index is -4.78. The van der Waals surface area contributed by atoms with Gasteiger partial charge in [-0.15, -0.1) is 4.91 Å². The van der Waals surface area contributed by atoms with Gasteiger partial charge in [-0.1, -0.05) is 11.8 Å². The molecule has 0 aliphatic carbocycles. The van der Waals surface area contributed by atoms with Gasteiger partial charge < -0.3 is 16.2 Å². The fraction of sp³-hybridized carbons (Fsp3) is 0.400. The number of allylic oxidation sites excluding steroid dienone is 1. The first-order chi connectivity index (χ1) is 16.0. The molecule has 19 heteroatoms. The van der Waals surface area contributed by atoms with E-state index < -0.39 is 58.5 Å². The van der Waals surface area contributed by atoms with E-state index in [9.17, 15) is 37.6 Å². The maximum absolute atomic E-state index is 13.1. The molecule has 1 fully saturated rings. The number of alkyl halides is 3. The molecule has 4 rings (SSSR count). The zero-order chi connectivity index (χ0) is 24.8. The number of fused-ring (bicyclic) bond motifs is 1. The van der Waals surface area contributed by atoms with Crippen LogP contribution in [0.1, 0.15) is 30.4 Å². The number of aliphatic carboxylic acids is 1. The number of carbonyl (C=O) groups is 3. The highest BCUT2D eigenvalue weighted by Gasteiger charge is 2.54. The number of carboxylic acids is 1. The Morgan fingerprint density at radius 2 is 2.06 bits per heavy atom. The van der Waals surface area contributed by atoms with Gasteiger partial charge in [0.25, 0.3) is 11.8 Å². The van der Waals surface area contributed by atoms with E-state index in [-0.39, 0.29) is 28.7 Å². The summed E-state index contributed by atoms with van der Waals surface area (Å²) in [5, 5.41) is 14.2. The molecule has 2 amide bonds. The molecule has 13 nitrogen and oxygen atoms in total. The molecule has 1 saturated heterocycles. The summed E-state index contributed by atoms with van der Waals surface area (Å²) in [4.78, 5) is 52.8. The van der Waals surface area contributed by atoms with Crippen LogP contribution < -0.4 is 11.1 Å². The van der Waals surface area contributed by atoms with E-state index in [0.29, 0.717) is 23.5 Å². The smallest absolute Gasteiger partial charge is 0.437 e. The lowest BCUT2D eigenvalue weighted by Gasteiger charge is -2.50. The first-order valence-electron chi connectivity index (χ1n) is 9.12. The minimum Gasteiger partial charge on any atom is -0.477 e. The van der Waals surface area contributed by atoms with Gasteiger partial charge in [-0.3, -0.25) is 14.5 Å². The molecular weight excluding hydrogens is 525 g/mol. The number of thioether (sulfide) groups is 1. The van der Waals surface area contributed by atoms with E-state index in [1.165, 1.54) is 0 Å². The summed E-state index contributed by atoms with van der Waals surface area (Å²) in [5.41, 5.74) is 3.69. The highest BCUT2D eigenvalue weighted by molar-refractivity contribution is 8.03. The molecule has 180 valence electrons. The van der Waals surface area contributed by atoms with Gasteiger partial charge >= 0.3 is 12.1 Å². The number of carboxylic acid groups (broad SMARTS) is 1. The lowest BCUT2D eigenvalue weighted by molar-refractivity contribution is -0.156. The van der Waals surface area contributed by atoms with Crippen molar-refractivity contribution in [2.75, 3.05) is 5.73 Å². The van der Waals surface area contributed by atoms with Crippen molar-refractivity contribution in [1.82, 2.24) is 28.3 Å². The number of hydrogen-bond acceptors (Lipinski definition) is 13. The van der Waals surface area contributed by atoms with E-state index >= 15 is 0 Å². The molecule has 0 saturated carbocycles. The van der Waals surface area contributed by atoms with Crippen LogP contribution in [0, 0.1) is 4.91 Å². The van der Waals surface area contributed by atoms with Crippen molar-refractivity contribution in [2.45, 2.75) is 42.2 Å². The summed E-state index contributed by atoms with van der Waals surface area (Å²) < 4.78 is 49.9. The van der Waals surface area contributed by atoms with Crippen LogP contribution in [0.4, 0.5) is 18.3 Å². The van der Waals surface area contributed by atoms with Crippen molar-refractivity contribution in [3.8, 4) is 0 Å². The Kier molecular flexibility index (Phi) is 6.25. The molecule has 4 N–H and O–H groups in total. The van der Waals surface area contributed by atoms with Gasteiger partial charge in [0, 0.05) is 16.4 Å². The number of anilines is 1. The Morgan fingerprint density at radius 3 is 2.65 bits per heavy atom. The summed E-state index contributed by atoms with van der Waals surface area (Å²) in [6, 6.07) is -3.62. The van der Waals surface area contributed by atoms with Gasteiger partial charge in [0.2, 0.25) is 6.04 Å². The number of nitrogens with one attached hydrogen (secondary N) is 1. The second-order valence-electron chi connectivity index (χ2n) is 6.89. The van der Waals surface area contributed by atoms with Crippen molar-refractivity contribution in [3.63, 3.8) is 0 Å². The number of β-lactam (4-membered cyclic amide) rings is 1. The van der Waals surface area contributed by atoms with E-state index in [1.54, 1.807) is 0 Å². The third-order valence-corrected chi connectivity index (χ3v) is 7.22. The number of carbonyl (C=O) groups excluding carboxylic acids is 2. The van der Waals surface area contributed by atoms with Crippen LogP contribution in [0.2, 0.25) is 0 Å². The molecule has 0 radical (unpaired) electrons. The lowest BCUT2D eigenvalue weighted by Crippen LogP contribution is -2.71. The van der Waals surface area contributed by atoms with Crippen molar-refractivity contribution in [3.05, 3.63) is 27.0 Å². The topological polar surface area (TPSA) is 194 Å². The fourth-order valence-electron chi connectivity index (χ4n) is 3.47. The molecule has 4 heterocycles. The summed E-state index contributed by atoms with van der Waals surface area (Å²) in [7, 11) is 0. The zero-order valence-electron chi connectivity index (χ0n) is 16.3. The van der Waals surface area contributed by atoms with Crippen LogP contribution in [-0.4, -0.2) is 58.0 Å². The number of nitrogens with two attached hydrogens (primary N) is 1. The predicted octanol–water partition coefficient (Wildman–Crippen LogP) is 1.38. The van der Waals surface area contributed by atoms with Crippen LogP contribution in [0.5, 0.6) is 0 Å². The predicted molar refractivity (Wildman–Crippen MR) is 110 cm³/mol. The second-order valence-corrected chi connectivity index (χ2v) is 9.29. The quantitative estimate of drug-likeness (QED) is 0.342. The number of aromatic nitrogens is 4. The number of nitrogen functional groups attached to an aromatic ring is 1. The monoisotopic (exact) mass is 536 g/mol. The molecule has 0 bridgehead atoms. The van der Waals surface area contributed by atoms with Crippen molar-refractivity contribution in [1.29, 1.82) is 0 Å². The lowest BCUT2D eigenvalue weighted by atomic mass is 9.86. The van der Waals surface area contributed by atoms with Gasteiger partial charge in [-0.05, 0) is 18.0 Å². The Hall–Kier alpha value is -3.19. The Morgan fingerprint density at radius 1 is 1.32 bits per heavy atom. The molecule has 0 aromatic carbocycles. The summed E-state index contributed by atoms with van der Waals surface area (Å²) in [5.74, 6) is -3.56. The summed E-state index contributed by atoms with van der Waals surface area (Å²) in [6.07, 6.45) is -4.64. The average Bonchev–Trinajstić information content (AvgIpc) is 3.41. The van der Waals surface area contributed by atoms with Gasteiger partial charge in [0.05, 0.1) is 17.8 Å². The maximum atomic E-state index is 13.1. The molecule has 2 aromatic rings. The second kappa shape index (κ2) is 8.87. The third-order valence-electron chi connectivity index (χ3n) is 4.90. The van der Waals surface area contributed by atoms with Gasteiger partial charge in [0.1, 0.15) is 16.8 Å². The largest absolute Gasteiger partial charge is 0.477 e. The number of hydrogen-bond donors (Lipinski definition) is 3. The first kappa shape index (κ1) is 24.0. The van der Waals surface area contributed by atoms with E-state index in [1.807, 2.05) is 0 Å². The maximum Gasteiger partial charge on any atom is 0.437 e. The van der Waals surface area contributed by atoms with E-state index in [4.69, 9.17) is 5.73 Å². The summed E-state index contributed by atoms with van der Waals surface area (Å²) in [6.45, 7) is 0. The van der Waals surface area contributed by atoms with Crippen molar-refractivity contribution in [2.24, 2.45) is 5.18 Å². The molecule has 2 aromatic heterocycles. The van der Waals surface area contributed by atoms with Crippen LogP contribution in [0.3, 0.4) is 0 Å². The van der Waals surface area contributed by atoms with Crippen LogP contribution in [0.25, 0.3) is 0 Å². The number of rotatable bonds is 7. The number of nitrogens with zero attached hydrogens (tertiary/aromatic N) is 6. The Balaban J connectivity index is 1.54. The first-order valence-corrected chi connectivity index (χ1v) is 11.4. The number of amides is 2. The standard InChI is InChI=1S/C15H11F3N8O5S3/c16-15(17,18)8-11(25-34-23-8)32-4-2-1-3-5(12(28)26(3)7(4)13(29)30)20-10(27)6(22-31)9-21-14(19)33-24-9/h3,5-6H,1-2H2,(H,20,27)(H,29,30)(H2,19,21,24). The molecule has 2 aliphatic rings. The number of nitroso groups, excluding NO2 is 1. The molecule has 2 aliphatic heterocycles. The van der Waals surface area contributed by atoms with E-state index in [2.05, 4.69) is 28.6 Å². The minimum absolute atomic E-state index is 0.000106. The SMILES string of the molecule is Nc1nc(C(N=O)C(=O)NC2C(=O)N3C(C(=O)O)=C(Sc4nsnc4C(F)(F)F)CCC23)ns1. The molecular formula is C15H11F3N8O5S3. The molecule has 34 heavy (non-hydrogen) atoms. The number of halogens is 3. The van der Waals surface area contributed by atoms with Crippen molar-refractivity contribution >= 4 is 57.9 Å². The van der Waals surface area contributed by atoms with Gasteiger partial charge in [-0.2, -0.15) is 26.3 Å². The average molecular weight is 536 g/mol. The normalized spacial score (nSPS) is 21.0. The Labute approximate surface area is 199 Å². The van der Waals surface area contributed by atoms with Crippen LogP contribution in [0.15, 0.2) is 20.8 Å². The van der Waals surface area contributed by atoms with Crippen LogP contribution >= 0.6 is 35.0 Å². The van der Waals surface area contributed by atoms with Gasteiger partial charge in [0.15, 0.2) is 16.6 Å². The van der Waals surface area contributed by atoms with E-state index in [0.717, 1.165) is 16.4 Å².